The lowest BCUT2D eigenvalue weighted by Crippen LogP contribution is -2.45. The summed E-state index contributed by atoms with van der Waals surface area (Å²) in [4.78, 5) is 33.2. The normalized spacial score (nSPS) is 37.1. The van der Waals surface area contributed by atoms with Gasteiger partial charge >= 0.3 is 0 Å². The van der Waals surface area contributed by atoms with E-state index >= 15 is 0 Å². The number of hydrogen-bond donors (Lipinski definition) is 0. The zero-order valence-electron chi connectivity index (χ0n) is 17.1. The van der Waals surface area contributed by atoms with E-state index in [9.17, 15) is 9.59 Å². The molecule has 4 aliphatic rings. The van der Waals surface area contributed by atoms with Crippen LogP contribution in [0.3, 0.4) is 0 Å². The molecule has 0 aromatic carbocycles. The first kappa shape index (κ1) is 19.0. The number of hydrogen-bond acceptors (Lipinski definition) is 3. The molecule has 3 fully saturated rings. The Morgan fingerprint density at radius 1 is 1.15 bits per heavy atom. The predicted octanol–water partition coefficient (Wildman–Crippen LogP) is 2.53. The fourth-order valence-electron chi connectivity index (χ4n) is 5.71. The second-order valence-electron chi connectivity index (χ2n) is 9.61. The first-order chi connectivity index (χ1) is 12.9. The number of allylic oxidation sites excluding steroid dienone is 2. The highest BCUT2D eigenvalue weighted by atomic mass is 16.2. The van der Waals surface area contributed by atoms with Crippen LogP contribution < -0.4 is 0 Å². The molecule has 3 heterocycles. The summed E-state index contributed by atoms with van der Waals surface area (Å²) in [6, 6.07) is 0. The zero-order valence-corrected chi connectivity index (χ0v) is 17.1. The van der Waals surface area contributed by atoms with Crippen molar-refractivity contribution in [1.82, 2.24) is 14.7 Å². The van der Waals surface area contributed by atoms with Crippen LogP contribution >= 0.6 is 0 Å². The Morgan fingerprint density at radius 2 is 1.93 bits per heavy atom. The van der Waals surface area contributed by atoms with Gasteiger partial charge in [0, 0.05) is 32.7 Å². The van der Waals surface area contributed by atoms with Crippen molar-refractivity contribution in [1.29, 1.82) is 0 Å². The molecule has 0 bridgehead atoms. The van der Waals surface area contributed by atoms with E-state index in [0.717, 1.165) is 51.9 Å². The minimum atomic E-state index is -0.332. The van der Waals surface area contributed by atoms with Gasteiger partial charge in [0.05, 0.1) is 10.8 Å². The number of nitrogens with zero attached hydrogens (tertiary/aromatic N) is 3. The van der Waals surface area contributed by atoms with Gasteiger partial charge in [0.15, 0.2) is 0 Å². The van der Waals surface area contributed by atoms with Crippen molar-refractivity contribution in [3.8, 4) is 0 Å². The maximum atomic E-state index is 13.3. The Labute approximate surface area is 163 Å². The fourth-order valence-corrected chi connectivity index (χ4v) is 5.71. The van der Waals surface area contributed by atoms with Crippen molar-refractivity contribution in [3.05, 3.63) is 12.2 Å². The van der Waals surface area contributed by atoms with Crippen LogP contribution in [-0.2, 0) is 9.59 Å². The van der Waals surface area contributed by atoms with Crippen molar-refractivity contribution in [2.45, 2.75) is 52.4 Å². The van der Waals surface area contributed by atoms with Gasteiger partial charge in [-0.15, -0.1) is 0 Å². The highest BCUT2D eigenvalue weighted by molar-refractivity contribution is 5.89. The Bertz CT molecular complexity index is 627. The molecule has 2 amide bonds. The summed E-state index contributed by atoms with van der Waals surface area (Å²) >= 11 is 0. The highest BCUT2D eigenvalue weighted by Crippen LogP contribution is 2.46. The zero-order chi connectivity index (χ0) is 19.1. The molecule has 5 heteroatoms. The average Bonchev–Trinajstić information content (AvgIpc) is 3.36. The molecule has 3 aliphatic heterocycles. The predicted molar refractivity (Wildman–Crippen MR) is 106 cm³/mol. The summed E-state index contributed by atoms with van der Waals surface area (Å²) in [6.45, 7) is 10.7. The molecular weight excluding hydrogens is 338 g/mol. The molecule has 0 aromatic heterocycles. The van der Waals surface area contributed by atoms with Gasteiger partial charge < -0.3 is 14.7 Å². The van der Waals surface area contributed by atoms with E-state index in [1.165, 1.54) is 25.9 Å². The van der Waals surface area contributed by atoms with E-state index in [-0.39, 0.29) is 22.7 Å². The van der Waals surface area contributed by atoms with Gasteiger partial charge in [0.1, 0.15) is 0 Å². The molecule has 0 radical (unpaired) electrons. The lowest BCUT2D eigenvalue weighted by atomic mass is 9.77. The topological polar surface area (TPSA) is 43.9 Å². The van der Waals surface area contributed by atoms with Crippen LogP contribution in [0.25, 0.3) is 0 Å². The van der Waals surface area contributed by atoms with Crippen LogP contribution in [0.4, 0.5) is 0 Å². The minimum absolute atomic E-state index is 0.258. The molecular formula is C22H35N3O2. The second-order valence-corrected chi connectivity index (χ2v) is 9.61. The monoisotopic (exact) mass is 373 g/mol. The van der Waals surface area contributed by atoms with Gasteiger partial charge in [-0.2, -0.15) is 0 Å². The maximum Gasteiger partial charge on any atom is 0.231 e. The number of amides is 2. The Hall–Kier alpha value is -1.36. The molecule has 150 valence electrons. The molecule has 4 rings (SSSR count). The third-order valence-corrected chi connectivity index (χ3v) is 7.74. The van der Waals surface area contributed by atoms with Crippen molar-refractivity contribution >= 4 is 11.8 Å². The van der Waals surface area contributed by atoms with Gasteiger partial charge in [-0.3, -0.25) is 9.59 Å². The summed E-state index contributed by atoms with van der Waals surface area (Å²) < 4.78 is 0. The van der Waals surface area contributed by atoms with Gasteiger partial charge in [-0.05, 0) is 57.5 Å². The lowest BCUT2D eigenvalue weighted by molar-refractivity contribution is -0.142. The minimum Gasteiger partial charge on any atom is -0.341 e. The van der Waals surface area contributed by atoms with Crippen molar-refractivity contribution in [2.75, 3.05) is 45.8 Å². The largest absolute Gasteiger partial charge is 0.341 e. The summed E-state index contributed by atoms with van der Waals surface area (Å²) in [5.41, 5.74) is -0.612. The molecule has 1 unspecified atom stereocenters. The van der Waals surface area contributed by atoms with E-state index in [0.29, 0.717) is 12.5 Å². The third-order valence-electron chi connectivity index (χ3n) is 7.74. The van der Waals surface area contributed by atoms with Crippen LogP contribution in [0.2, 0.25) is 0 Å². The Kier molecular flexibility index (Phi) is 5.08. The standard InChI is InChI=1S/C22H35N3O2/c1-18-16-25(19(26)21(2)8-4-3-5-9-21)17-22(18)10-13-24(20(22)27)15-14-23-11-6-7-12-23/h3-4,18H,5-17H2,1-2H3/t18-,21?,22-/m1/s1. The molecule has 1 aliphatic carbocycles. The van der Waals surface area contributed by atoms with Crippen LogP contribution in [0.5, 0.6) is 0 Å². The summed E-state index contributed by atoms with van der Waals surface area (Å²) in [6.07, 6.45) is 10.6. The van der Waals surface area contributed by atoms with Crippen molar-refractivity contribution in [3.63, 3.8) is 0 Å². The third kappa shape index (κ3) is 3.32. The van der Waals surface area contributed by atoms with E-state index in [1.807, 2.05) is 4.90 Å². The smallest absolute Gasteiger partial charge is 0.231 e. The first-order valence-electron chi connectivity index (χ1n) is 10.9. The maximum absolute atomic E-state index is 13.3. The SMILES string of the molecule is C[C@@H]1CN(C(=O)C2(C)CC=CCC2)C[C@]12CCN(CCN1CCCC1)C2=O. The number of rotatable bonds is 4. The molecule has 0 saturated carbocycles. The molecule has 1 spiro atoms. The van der Waals surface area contributed by atoms with Crippen LogP contribution in [0.1, 0.15) is 52.4 Å². The summed E-state index contributed by atoms with van der Waals surface area (Å²) in [5, 5.41) is 0. The van der Waals surface area contributed by atoms with Gasteiger partial charge in [0.25, 0.3) is 0 Å². The molecule has 27 heavy (non-hydrogen) atoms. The van der Waals surface area contributed by atoms with E-state index in [4.69, 9.17) is 0 Å². The van der Waals surface area contributed by atoms with Gasteiger partial charge in [0.2, 0.25) is 11.8 Å². The number of likely N-dealkylation sites (tertiary alicyclic amines) is 3. The number of carbonyl (C=O) groups excluding carboxylic acids is 2. The Balaban J connectivity index is 1.40. The average molecular weight is 374 g/mol. The van der Waals surface area contributed by atoms with E-state index in [1.54, 1.807) is 0 Å². The lowest BCUT2D eigenvalue weighted by Gasteiger charge is -2.34. The molecule has 3 saturated heterocycles. The van der Waals surface area contributed by atoms with Crippen molar-refractivity contribution in [2.24, 2.45) is 16.7 Å². The van der Waals surface area contributed by atoms with Crippen LogP contribution in [0, 0.1) is 16.7 Å². The Morgan fingerprint density at radius 3 is 2.63 bits per heavy atom. The molecule has 0 aromatic rings. The molecule has 5 nitrogen and oxygen atoms in total. The van der Waals surface area contributed by atoms with Gasteiger partial charge in [-0.1, -0.05) is 26.0 Å². The highest BCUT2D eigenvalue weighted by Gasteiger charge is 2.56. The van der Waals surface area contributed by atoms with Gasteiger partial charge in [-0.25, -0.2) is 0 Å². The first-order valence-corrected chi connectivity index (χ1v) is 10.9. The van der Waals surface area contributed by atoms with Crippen LogP contribution in [0.15, 0.2) is 12.2 Å². The molecule has 0 N–H and O–H groups in total. The summed E-state index contributed by atoms with van der Waals surface area (Å²) in [5.74, 6) is 0.825. The van der Waals surface area contributed by atoms with E-state index in [2.05, 4.69) is 35.8 Å². The molecule has 3 atom stereocenters. The quantitative estimate of drug-likeness (QED) is 0.711. The van der Waals surface area contributed by atoms with Crippen molar-refractivity contribution < 1.29 is 9.59 Å². The summed E-state index contributed by atoms with van der Waals surface area (Å²) in [7, 11) is 0. The second kappa shape index (κ2) is 7.23. The fraction of sp³-hybridized carbons (Fsp3) is 0.818. The van der Waals surface area contributed by atoms with E-state index < -0.39 is 0 Å². The number of carbonyl (C=O) groups is 2. The van der Waals surface area contributed by atoms with Crippen LogP contribution in [-0.4, -0.2) is 72.3 Å².